The van der Waals surface area contributed by atoms with Crippen LogP contribution < -0.4 is 29.8 Å². The lowest BCUT2D eigenvalue weighted by atomic mass is 10.1. The van der Waals surface area contributed by atoms with Crippen LogP contribution in [0.4, 0.5) is 0 Å². The Hall–Kier alpha value is -5.72. The molecule has 0 bridgehead atoms. The minimum atomic E-state index is -0.612. The molecule has 0 fully saturated rings. The minimum absolute atomic E-state index is 0.202. The molecule has 0 heterocycles. The summed E-state index contributed by atoms with van der Waals surface area (Å²) in [6, 6.07) is 22.9. The second kappa shape index (κ2) is 21.7. The van der Waals surface area contributed by atoms with Crippen molar-refractivity contribution in [1.82, 2.24) is 10.9 Å². The van der Waals surface area contributed by atoms with Crippen LogP contribution in [0.15, 0.2) is 95.1 Å². The highest BCUT2D eigenvalue weighted by molar-refractivity contribution is 6.34. The summed E-state index contributed by atoms with van der Waals surface area (Å²) in [6.45, 7) is 0. The molecule has 0 aliphatic carbocycles. The van der Waals surface area contributed by atoms with Gasteiger partial charge in [0.1, 0.15) is 0 Å². The second-order valence-electron chi connectivity index (χ2n) is 11.8. The van der Waals surface area contributed by atoms with Gasteiger partial charge in [-0.3, -0.25) is 9.59 Å². The monoisotopic (exact) mass is 774 g/mol. The molecule has 0 atom stereocenters. The van der Waals surface area contributed by atoms with Crippen molar-refractivity contribution >= 4 is 59.4 Å². The number of methoxy groups -OCH3 is 2. The number of halogens is 2. The highest BCUT2D eigenvalue weighted by Crippen LogP contribution is 2.30. The minimum Gasteiger partial charge on any atom is -0.493 e. The van der Waals surface area contributed by atoms with Crippen LogP contribution in [0.25, 0.3) is 0 Å². The van der Waals surface area contributed by atoms with E-state index in [0.717, 1.165) is 25.7 Å². The maximum atomic E-state index is 12.5. The van der Waals surface area contributed by atoms with E-state index in [1.165, 1.54) is 26.6 Å². The van der Waals surface area contributed by atoms with Crippen LogP contribution in [-0.2, 0) is 9.59 Å². The summed E-state index contributed by atoms with van der Waals surface area (Å²) < 4.78 is 21.6. The van der Waals surface area contributed by atoms with Gasteiger partial charge in [-0.1, -0.05) is 73.2 Å². The van der Waals surface area contributed by atoms with Crippen molar-refractivity contribution in [2.24, 2.45) is 10.2 Å². The number of benzene rings is 4. The lowest BCUT2D eigenvalue weighted by Gasteiger charge is -2.10. The highest BCUT2D eigenvalue weighted by Gasteiger charge is 2.17. The van der Waals surface area contributed by atoms with Gasteiger partial charge in [0, 0.05) is 12.8 Å². The number of esters is 2. The molecule has 0 saturated heterocycles. The number of nitrogens with one attached hydrogen (secondary N) is 2. The third-order valence-electron chi connectivity index (χ3n) is 7.83. The molecule has 4 aromatic rings. The van der Waals surface area contributed by atoms with Gasteiger partial charge in [-0.05, 0) is 84.6 Å². The molecule has 0 aliphatic heterocycles. The number of ether oxygens (including phenoxy) is 4. The van der Waals surface area contributed by atoms with Crippen LogP contribution in [0.2, 0.25) is 10.0 Å². The third kappa shape index (κ3) is 13.0. The lowest BCUT2D eigenvalue weighted by molar-refractivity contribution is -0.122. The van der Waals surface area contributed by atoms with Gasteiger partial charge in [-0.25, -0.2) is 20.4 Å². The lowest BCUT2D eigenvalue weighted by Crippen LogP contribution is -2.17. The van der Waals surface area contributed by atoms with Crippen molar-refractivity contribution in [2.75, 3.05) is 14.2 Å². The quantitative estimate of drug-likeness (QED) is 0.0318. The Balaban J connectivity index is 1.06. The molecule has 0 radical (unpaired) electrons. The van der Waals surface area contributed by atoms with E-state index >= 15 is 0 Å². The SMILES string of the molecule is COc1cc(C=NNC(=O)CCCCCCCCC(=O)NN=Cc2ccc(OC(=O)c3ccccc3Cl)c(OC)c2)ccc1OC(=O)c1ccccc1Cl. The first-order valence-electron chi connectivity index (χ1n) is 17.1. The van der Waals surface area contributed by atoms with E-state index in [0.29, 0.717) is 48.3 Å². The average Bonchev–Trinajstić information content (AvgIpc) is 3.17. The van der Waals surface area contributed by atoms with Gasteiger partial charge in [-0.2, -0.15) is 10.2 Å². The topological polar surface area (TPSA) is 154 Å². The predicted molar refractivity (Wildman–Crippen MR) is 207 cm³/mol. The first kappa shape index (κ1) is 41.0. The van der Waals surface area contributed by atoms with E-state index in [1.807, 2.05) is 0 Å². The molecule has 14 heteroatoms. The Bertz CT molecular complexity index is 1840. The first-order chi connectivity index (χ1) is 26.2. The van der Waals surface area contributed by atoms with Gasteiger partial charge >= 0.3 is 11.9 Å². The molecule has 2 N–H and O–H groups in total. The Kier molecular flexibility index (Phi) is 16.5. The largest absolute Gasteiger partial charge is 0.493 e. The molecule has 4 aromatic carbocycles. The molecule has 0 unspecified atom stereocenters. The van der Waals surface area contributed by atoms with Crippen molar-refractivity contribution in [3.05, 3.63) is 117 Å². The summed E-state index contributed by atoms with van der Waals surface area (Å²) in [4.78, 5) is 49.5. The first-order valence-corrected chi connectivity index (χ1v) is 17.9. The van der Waals surface area contributed by atoms with Crippen LogP contribution in [0.5, 0.6) is 23.0 Å². The molecular weight excluding hydrogens is 735 g/mol. The smallest absolute Gasteiger partial charge is 0.345 e. The maximum Gasteiger partial charge on any atom is 0.345 e. The number of hydrogen-bond acceptors (Lipinski definition) is 10. The molecule has 282 valence electrons. The fourth-order valence-corrected chi connectivity index (χ4v) is 5.43. The number of unbranched alkanes of at least 4 members (excludes halogenated alkanes) is 5. The number of carbonyl (C=O) groups excluding carboxylic acids is 4. The van der Waals surface area contributed by atoms with Crippen molar-refractivity contribution in [2.45, 2.75) is 51.4 Å². The summed E-state index contributed by atoms with van der Waals surface area (Å²) >= 11 is 12.2. The molecule has 0 spiro atoms. The Morgan fingerprint density at radius 1 is 0.556 bits per heavy atom. The van der Waals surface area contributed by atoms with Gasteiger partial charge in [0.15, 0.2) is 23.0 Å². The van der Waals surface area contributed by atoms with Crippen LogP contribution in [0.3, 0.4) is 0 Å². The number of nitrogens with zero attached hydrogens (tertiary/aromatic N) is 2. The summed E-state index contributed by atoms with van der Waals surface area (Å²) in [5.41, 5.74) is 6.78. The fourth-order valence-electron chi connectivity index (χ4n) is 5.01. The van der Waals surface area contributed by atoms with Crippen molar-refractivity contribution in [3.8, 4) is 23.0 Å². The normalized spacial score (nSPS) is 11.0. The Morgan fingerprint density at radius 3 is 1.33 bits per heavy atom. The molecule has 0 aliphatic rings. The Labute approximate surface area is 323 Å². The molecule has 2 amide bonds. The van der Waals surface area contributed by atoms with Crippen LogP contribution in [0, 0.1) is 0 Å². The van der Waals surface area contributed by atoms with E-state index in [9.17, 15) is 19.2 Å². The third-order valence-corrected chi connectivity index (χ3v) is 8.49. The summed E-state index contributed by atoms with van der Waals surface area (Å²) in [6.07, 6.45) is 8.67. The van der Waals surface area contributed by atoms with E-state index in [2.05, 4.69) is 21.1 Å². The van der Waals surface area contributed by atoms with Gasteiger partial charge in [0.05, 0.1) is 47.8 Å². The van der Waals surface area contributed by atoms with Crippen LogP contribution in [0.1, 0.15) is 83.2 Å². The highest BCUT2D eigenvalue weighted by atomic mass is 35.5. The van der Waals surface area contributed by atoms with Gasteiger partial charge in [0.25, 0.3) is 0 Å². The number of carbonyl (C=O) groups is 4. The average molecular weight is 776 g/mol. The van der Waals surface area contributed by atoms with Crippen molar-refractivity contribution < 1.29 is 38.1 Å². The van der Waals surface area contributed by atoms with E-state index < -0.39 is 11.9 Å². The zero-order chi connectivity index (χ0) is 38.7. The molecule has 4 rings (SSSR count). The zero-order valence-corrected chi connectivity index (χ0v) is 31.3. The van der Waals surface area contributed by atoms with Gasteiger partial charge in [-0.15, -0.1) is 0 Å². The predicted octanol–water partition coefficient (Wildman–Crippen LogP) is 8.17. The maximum absolute atomic E-state index is 12.5. The standard InChI is InChI=1S/C40H40Cl2N4O8/c1-51-35-23-27(19-21-33(35)53-39(49)29-13-9-11-15-31(29)41)25-43-45-37(47)17-7-5-3-4-6-8-18-38(48)46-44-26-28-20-22-34(36(24-28)52-2)54-40(50)30-14-10-12-16-32(30)42/h9-16,19-26H,3-8,17-18H2,1-2H3,(H,45,47)(H,46,48). The van der Waals surface area contributed by atoms with Gasteiger partial charge < -0.3 is 18.9 Å². The number of rotatable bonds is 19. The molecule has 12 nitrogen and oxygen atoms in total. The van der Waals surface area contributed by atoms with Crippen LogP contribution in [-0.4, -0.2) is 50.4 Å². The summed E-state index contributed by atoms with van der Waals surface area (Å²) in [7, 11) is 2.90. The summed E-state index contributed by atoms with van der Waals surface area (Å²) in [5, 5.41) is 8.59. The molecular formula is C40H40Cl2N4O8. The molecule has 0 aromatic heterocycles. The van der Waals surface area contributed by atoms with E-state index in [1.54, 1.807) is 84.9 Å². The van der Waals surface area contributed by atoms with Crippen molar-refractivity contribution in [1.29, 1.82) is 0 Å². The molecule has 54 heavy (non-hydrogen) atoms. The second-order valence-corrected chi connectivity index (χ2v) is 12.6. The van der Waals surface area contributed by atoms with E-state index in [-0.39, 0.29) is 44.5 Å². The van der Waals surface area contributed by atoms with Gasteiger partial charge in [0.2, 0.25) is 11.8 Å². The number of amides is 2. The van der Waals surface area contributed by atoms with E-state index in [4.69, 9.17) is 42.1 Å². The zero-order valence-electron chi connectivity index (χ0n) is 29.8. The Morgan fingerprint density at radius 2 is 0.944 bits per heavy atom. The number of hydrazone groups is 2. The fraction of sp³-hybridized carbons (Fsp3) is 0.250. The summed E-state index contributed by atoms with van der Waals surface area (Å²) in [5.74, 6) is -0.555. The van der Waals surface area contributed by atoms with Crippen molar-refractivity contribution in [3.63, 3.8) is 0 Å². The molecule has 0 saturated carbocycles. The van der Waals surface area contributed by atoms with Crippen LogP contribution >= 0.6 is 23.2 Å². The number of hydrogen-bond donors (Lipinski definition) is 2.